The van der Waals surface area contributed by atoms with E-state index in [0.29, 0.717) is 6.42 Å². The summed E-state index contributed by atoms with van der Waals surface area (Å²) >= 11 is 0. The number of hydrogen-bond donors (Lipinski definition) is 3. The molecule has 1 saturated heterocycles. The van der Waals surface area contributed by atoms with E-state index in [1.165, 1.54) is 7.85 Å². The maximum atomic E-state index is 13.7. The van der Waals surface area contributed by atoms with Crippen LogP contribution in [-0.4, -0.2) is 58.3 Å². The normalized spacial score (nSPS) is 34.1. The lowest BCUT2D eigenvalue weighted by atomic mass is 9.90. The highest BCUT2D eigenvalue weighted by Crippen LogP contribution is 2.60. The molecule has 1 aliphatic heterocycles. The van der Waals surface area contributed by atoms with Crippen LogP contribution in [0, 0.1) is 0 Å². The van der Waals surface area contributed by atoms with Crippen LogP contribution in [0.1, 0.15) is 53.4 Å². The Labute approximate surface area is 138 Å². The Morgan fingerprint density at radius 3 is 2.17 bits per heavy atom. The molecule has 0 aromatic rings. The third-order valence-electron chi connectivity index (χ3n) is 4.93. The van der Waals surface area contributed by atoms with Gasteiger partial charge in [0.1, 0.15) is 20.1 Å². The van der Waals surface area contributed by atoms with Crippen molar-refractivity contribution < 1.29 is 33.3 Å². The Bertz CT molecular complexity index is 449. The summed E-state index contributed by atoms with van der Waals surface area (Å²) in [5.74, 6) is 0. The van der Waals surface area contributed by atoms with Crippen LogP contribution in [0.3, 0.4) is 0 Å². The molecular formula is C14H29BFO6P. The minimum Gasteiger partial charge on any atom is -0.387 e. The fourth-order valence-electron chi connectivity index (χ4n) is 2.79. The predicted octanol–water partition coefficient (Wildman–Crippen LogP) is 1.31. The zero-order chi connectivity index (χ0) is 18.1. The first-order valence-corrected chi connectivity index (χ1v) is 9.76. The molecule has 23 heavy (non-hydrogen) atoms. The van der Waals surface area contributed by atoms with Crippen LogP contribution >= 0.6 is 7.60 Å². The molecule has 3 N–H and O–H groups in total. The Balaban J connectivity index is 2.92. The first-order chi connectivity index (χ1) is 10.4. The minimum absolute atomic E-state index is 0.0590. The highest BCUT2D eigenvalue weighted by atomic mass is 31.2. The third-order valence-corrected chi connectivity index (χ3v) is 7.30. The maximum absolute atomic E-state index is 13.7. The van der Waals surface area contributed by atoms with Crippen molar-refractivity contribution in [2.75, 3.05) is 0 Å². The number of ether oxygens (including phenoxy) is 1. The number of halogens is 1. The largest absolute Gasteiger partial charge is 0.387 e. The Hall–Kier alpha value is 0.0249. The van der Waals surface area contributed by atoms with Gasteiger partial charge in [-0.15, -0.1) is 0 Å². The molecule has 0 spiro atoms. The molecule has 1 aliphatic rings. The summed E-state index contributed by atoms with van der Waals surface area (Å²) in [6, 6.07) is -0.736. The third kappa shape index (κ3) is 4.36. The average Bonchev–Trinajstić information content (AvgIpc) is 2.72. The Kier molecular flexibility index (Phi) is 6.87. The second-order valence-electron chi connectivity index (χ2n) is 6.62. The van der Waals surface area contributed by atoms with E-state index in [0.717, 1.165) is 0 Å². The highest BCUT2D eigenvalue weighted by Gasteiger charge is 2.51. The fourth-order valence-corrected chi connectivity index (χ4v) is 4.56. The lowest BCUT2D eigenvalue weighted by Gasteiger charge is -2.38. The predicted molar refractivity (Wildman–Crippen MR) is 87.9 cm³/mol. The molecule has 0 saturated carbocycles. The van der Waals surface area contributed by atoms with E-state index >= 15 is 0 Å². The molecular weight excluding hydrogens is 325 g/mol. The van der Waals surface area contributed by atoms with E-state index in [4.69, 9.17) is 9.26 Å². The minimum atomic E-state index is -4.34. The molecule has 0 amide bonds. The van der Waals surface area contributed by atoms with Crippen molar-refractivity contribution in [3.05, 3.63) is 0 Å². The molecule has 1 unspecified atom stereocenters. The van der Waals surface area contributed by atoms with Gasteiger partial charge in [-0.05, 0) is 26.2 Å². The van der Waals surface area contributed by atoms with Gasteiger partial charge in [-0.1, -0.05) is 20.8 Å². The van der Waals surface area contributed by atoms with Crippen molar-refractivity contribution in [3.63, 3.8) is 0 Å². The van der Waals surface area contributed by atoms with Crippen molar-refractivity contribution in [2.24, 2.45) is 0 Å². The lowest BCUT2D eigenvalue weighted by Crippen LogP contribution is -2.40. The zero-order valence-corrected chi connectivity index (χ0v) is 15.4. The van der Waals surface area contributed by atoms with E-state index in [1.54, 1.807) is 27.7 Å². The number of hydrogen-bond acceptors (Lipinski definition) is 5. The summed E-state index contributed by atoms with van der Waals surface area (Å²) in [6.07, 6.45) is -3.06. The van der Waals surface area contributed by atoms with E-state index < -0.39 is 42.9 Å². The summed E-state index contributed by atoms with van der Waals surface area (Å²) < 4.78 is 37.1. The summed E-state index contributed by atoms with van der Waals surface area (Å²) in [6.45, 7) is 6.58. The molecule has 1 fully saturated rings. The first-order valence-electron chi connectivity index (χ1n) is 8.19. The van der Waals surface area contributed by atoms with Crippen molar-refractivity contribution in [3.8, 4) is 0 Å². The van der Waals surface area contributed by atoms with Crippen LogP contribution in [0.15, 0.2) is 0 Å². The number of aliphatic hydroxyl groups excluding tert-OH is 1. The second-order valence-corrected chi connectivity index (χ2v) is 8.68. The molecule has 6 nitrogen and oxygen atoms in total. The van der Waals surface area contributed by atoms with E-state index in [1.807, 2.05) is 0 Å². The fraction of sp³-hybridized carbons (Fsp3) is 1.00. The SMILES string of the molecule is B[C@@H]1O[C@H](C[C@@](C)(CC)OP(=O)(O)C(O)(CC)CC)[C@@H](O)[C@H]1F. The van der Waals surface area contributed by atoms with Crippen molar-refractivity contribution in [1.29, 1.82) is 0 Å². The topological polar surface area (TPSA) is 96.2 Å². The van der Waals surface area contributed by atoms with Gasteiger partial charge in [0.15, 0.2) is 5.34 Å². The van der Waals surface area contributed by atoms with Crippen molar-refractivity contribution in [2.45, 2.75) is 88.7 Å². The zero-order valence-electron chi connectivity index (χ0n) is 14.5. The molecule has 6 atom stereocenters. The van der Waals surface area contributed by atoms with Gasteiger partial charge in [-0.2, -0.15) is 0 Å². The number of rotatable bonds is 8. The average molecular weight is 354 g/mol. The monoisotopic (exact) mass is 354 g/mol. The smallest absolute Gasteiger partial charge is 0.359 e. The van der Waals surface area contributed by atoms with Gasteiger partial charge >= 0.3 is 7.60 Å². The molecule has 0 aromatic carbocycles. The Morgan fingerprint density at radius 1 is 1.30 bits per heavy atom. The number of alkyl halides is 1. The van der Waals surface area contributed by atoms with Crippen molar-refractivity contribution >= 4 is 15.4 Å². The quantitative estimate of drug-likeness (QED) is 0.449. The van der Waals surface area contributed by atoms with Crippen molar-refractivity contribution in [1.82, 2.24) is 0 Å². The lowest BCUT2D eigenvalue weighted by molar-refractivity contribution is -0.0450. The molecule has 0 radical (unpaired) electrons. The van der Waals surface area contributed by atoms with Crippen LogP contribution in [0.4, 0.5) is 4.39 Å². The van der Waals surface area contributed by atoms with Gasteiger partial charge in [0, 0.05) is 6.42 Å². The van der Waals surface area contributed by atoms with Gasteiger partial charge in [0.05, 0.1) is 17.7 Å². The Morgan fingerprint density at radius 2 is 1.83 bits per heavy atom. The standard InChI is InChI=1S/C14H29BFO6P/c1-5-13(4,8-9-11(17)10(16)12(15)21-9)22-23(19,20)14(18,6-2)7-3/h9-12,17-18H,5-8,15H2,1-4H3,(H,19,20)/t9-,10-,11-,12-,13-/m1/s1. The summed E-state index contributed by atoms with van der Waals surface area (Å²) in [4.78, 5) is 10.2. The summed E-state index contributed by atoms with van der Waals surface area (Å²) in [5.41, 5.74) is -1.13. The van der Waals surface area contributed by atoms with Gasteiger partial charge < -0.3 is 24.4 Å². The van der Waals surface area contributed by atoms with Crippen LogP contribution in [0.25, 0.3) is 0 Å². The van der Waals surface area contributed by atoms with Gasteiger partial charge in [-0.25, -0.2) is 4.39 Å². The van der Waals surface area contributed by atoms with E-state index in [2.05, 4.69) is 0 Å². The molecule has 1 heterocycles. The van der Waals surface area contributed by atoms with Crippen LogP contribution in [0.2, 0.25) is 0 Å². The number of aliphatic hydroxyl groups is 2. The van der Waals surface area contributed by atoms with E-state index in [-0.39, 0.29) is 19.3 Å². The van der Waals surface area contributed by atoms with Crippen LogP contribution < -0.4 is 0 Å². The molecule has 0 aromatic heterocycles. The maximum Gasteiger partial charge on any atom is 0.359 e. The van der Waals surface area contributed by atoms with E-state index in [9.17, 15) is 24.1 Å². The molecule has 0 bridgehead atoms. The molecule has 1 rings (SSSR count). The van der Waals surface area contributed by atoms with Crippen LogP contribution in [0.5, 0.6) is 0 Å². The summed E-state index contributed by atoms with van der Waals surface area (Å²) in [7, 11) is -2.81. The van der Waals surface area contributed by atoms with Gasteiger partial charge in [0.25, 0.3) is 0 Å². The first kappa shape index (κ1) is 21.1. The second kappa shape index (κ2) is 7.50. The molecule has 0 aliphatic carbocycles. The van der Waals surface area contributed by atoms with Gasteiger partial charge in [-0.3, -0.25) is 4.57 Å². The highest BCUT2D eigenvalue weighted by molar-refractivity contribution is 7.54. The molecule has 136 valence electrons. The van der Waals surface area contributed by atoms with Gasteiger partial charge in [0.2, 0.25) is 0 Å². The summed E-state index contributed by atoms with van der Waals surface area (Å²) in [5, 5.41) is 18.4. The molecule has 9 heteroatoms. The van der Waals surface area contributed by atoms with Crippen LogP contribution in [-0.2, 0) is 13.8 Å².